The molecule has 0 aromatic carbocycles. The second-order valence-corrected chi connectivity index (χ2v) is 8.13. The summed E-state index contributed by atoms with van der Waals surface area (Å²) < 4.78 is 0. The van der Waals surface area contributed by atoms with Crippen molar-refractivity contribution in [1.82, 2.24) is 19.6 Å². The molecule has 3 heterocycles. The predicted octanol–water partition coefficient (Wildman–Crippen LogP) is 1.57. The van der Waals surface area contributed by atoms with Crippen molar-refractivity contribution >= 4 is 0 Å². The van der Waals surface area contributed by atoms with Gasteiger partial charge in [-0.2, -0.15) is 0 Å². The summed E-state index contributed by atoms with van der Waals surface area (Å²) in [4.78, 5) is 10.8. The third-order valence-electron chi connectivity index (χ3n) is 6.23. The van der Waals surface area contributed by atoms with Crippen molar-refractivity contribution in [2.75, 3.05) is 52.4 Å². The zero-order valence-corrected chi connectivity index (χ0v) is 15.2. The number of likely N-dealkylation sites (tertiary alicyclic amines) is 2. The van der Waals surface area contributed by atoms with E-state index >= 15 is 0 Å². The van der Waals surface area contributed by atoms with Gasteiger partial charge in [-0.3, -0.25) is 14.7 Å². The van der Waals surface area contributed by atoms with Crippen molar-refractivity contribution in [3.63, 3.8) is 0 Å². The highest BCUT2D eigenvalue weighted by Gasteiger charge is 2.38. The summed E-state index contributed by atoms with van der Waals surface area (Å²) >= 11 is 0. The molecule has 4 nitrogen and oxygen atoms in total. The first-order chi connectivity index (χ1) is 10.5. The molecule has 3 saturated heterocycles. The molecule has 4 heteroatoms. The van der Waals surface area contributed by atoms with Crippen LogP contribution in [0.15, 0.2) is 0 Å². The first-order valence-electron chi connectivity index (χ1n) is 9.51. The van der Waals surface area contributed by atoms with Crippen LogP contribution < -0.4 is 0 Å². The molecule has 22 heavy (non-hydrogen) atoms. The van der Waals surface area contributed by atoms with Crippen LogP contribution in [0.3, 0.4) is 0 Å². The minimum Gasteiger partial charge on any atom is -0.301 e. The quantitative estimate of drug-likeness (QED) is 0.781. The Balaban J connectivity index is 1.36. The molecular formula is C18H36N4. The Kier molecular flexibility index (Phi) is 5.43. The second kappa shape index (κ2) is 7.16. The maximum atomic E-state index is 2.76. The summed E-state index contributed by atoms with van der Waals surface area (Å²) in [5.74, 6) is 0. The van der Waals surface area contributed by atoms with Crippen molar-refractivity contribution in [1.29, 1.82) is 0 Å². The van der Waals surface area contributed by atoms with Gasteiger partial charge in [-0.25, -0.2) is 0 Å². The summed E-state index contributed by atoms with van der Waals surface area (Å²) in [6, 6.07) is 3.15. The van der Waals surface area contributed by atoms with Crippen molar-refractivity contribution in [3.8, 4) is 0 Å². The molecule has 128 valence electrons. The lowest BCUT2D eigenvalue weighted by Gasteiger charge is -2.52. The van der Waals surface area contributed by atoms with E-state index in [-0.39, 0.29) is 0 Å². The van der Waals surface area contributed by atoms with E-state index in [1.807, 2.05) is 0 Å². The van der Waals surface area contributed by atoms with Gasteiger partial charge in [0, 0.05) is 63.4 Å². The number of hydrogen-bond acceptors (Lipinski definition) is 4. The SMILES string of the molecule is CC(C)N1CCC(N2CC(N3CCN(C(C)C)CC3)C2)CC1. The Morgan fingerprint density at radius 3 is 1.59 bits per heavy atom. The smallest absolute Gasteiger partial charge is 0.0351 e. The van der Waals surface area contributed by atoms with E-state index in [0.29, 0.717) is 6.04 Å². The molecular weight excluding hydrogens is 272 g/mol. The van der Waals surface area contributed by atoms with Gasteiger partial charge < -0.3 is 4.90 Å². The van der Waals surface area contributed by atoms with Crippen LogP contribution in [0.4, 0.5) is 0 Å². The molecule has 0 saturated carbocycles. The Labute approximate surface area is 137 Å². The summed E-state index contributed by atoms with van der Waals surface area (Å²) in [6.07, 6.45) is 2.76. The van der Waals surface area contributed by atoms with Gasteiger partial charge in [0.1, 0.15) is 0 Å². The zero-order chi connectivity index (χ0) is 15.7. The van der Waals surface area contributed by atoms with Gasteiger partial charge in [-0.1, -0.05) is 0 Å². The molecule has 0 atom stereocenters. The highest BCUT2D eigenvalue weighted by molar-refractivity contribution is 4.95. The molecule has 0 amide bonds. The number of rotatable bonds is 4. The number of hydrogen-bond donors (Lipinski definition) is 0. The van der Waals surface area contributed by atoms with Gasteiger partial charge in [0.05, 0.1) is 0 Å². The number of piperidine rings is 1. The van der Waals surface area contributed by atoms with Crippen LogP contribution in [0.1, 0.15) is 40.5 Å². The summed E-state index contributed by atoms with van der Waals surface area (Å²) in [5.41, 5.74) is 0. The molecule has 0 aliphatic carbocycles. The fourth-order valence-corrected chi connectivity index (χ4v) is 4.40. The van der Waals surface area contributed by atoms with Crippen LogP contribution in [-0.2, 0) is 0 Å². The topological polar surface area (TPSA) is 13.0 Å². The maximum Gasteiger partial charge on any atom is 0.0351 e. The molecule has 3 aliphatic rings. The predicted molar refractivity (Wildman–Crippen MR) is 93.4 cm³/mol. The largest absolute Gasteiger partial charge is 0.301 e. The lowest BCUT2D eigenvalue weighted by molar-refractivity contribution is -0.0350. The molecule has 0 N–H and O–H groups in total. The van der Waals surface area contributed by atoms with E-state index in [0.717, 1.165) is 18.1 Å². The van der Waals surface area contributed by atoms with Crippen LogP contribution in [0.2, 0.25) is 0 Å². The Bertz CT molecular complexity index is 303. The van der Waals surface area contributed by atoms with Gasteiger partial charge in [0.25, 0.3) is 0 Å². The Morgan fingerprint density at radius 1 is 0.591 bits per heavy atom. The van der Waals surface area contributed by atoms with Crippen LogP contribution in [0.5, 0.6) is 0 Å². The Morgan fingerprint density at radius 2 is 1.09 bits per heavy atom. The third kappa shape index (κ3) is 3.66. The van der Waals surface area contributed by atoms with Gasteiger partial charge in [0.2, 0.25) is 0 Å². The van der Waals surface area contributed by atoms with Crippen molar-refractivity contribution < 1.29 is 0 Å². The average Bonchev–Trinajstić information content (AvgIpc) is 2.47. The van der Waals surface area contributed by atoms with Crippen molar-refractivity contribution in [3.05, 3.63) is 0 Å². The number of nitrogens with zero attached hydrogens (tertiary/aromatic N) is 4. The van der Waals surface area contributed by atoms with E-state index in [2.05, 4.69) is 47.3 Å². The fourth-order valence-electron chi connectivity index (χ4n) is 4.40. The van der Waals surface area contributed by atoms with E-state index in [1.54, 1.807) is 0 Å². The van der Waals surface area contributed by atoms with E-state index in [9.17, 15) is 0 Å². The minimum absolute atomic E-state index is 0.714. The average molecular weight is 309 g/mol. The van der Waals surface area contributed by atoms with E-state index in [4.69, 9.17) is 0 Å². The molecule has 0 bridgehead atoms. The van der Waals surface area contributed by atoms with Crippen LogP contribution in [0, 0.1) is 0 Å². The molecule has 0 unspecified atom stereocenters. The lowest BCUT2D eigenvalue weighted by atomic mass is 9.95. The standard InChI is InChI=1S/C18H36N4/c1-15(2)19-7-5-17(6-8-19)22-13-18(14-22)21-11-9-20(10-12-21)16(3)4/h15-18H,5-14H2,1-4H3. The first kappa shape index (κ1) is 16.7. The van der Waals surface area contributed by atoms with Gasteiger partial charge in [-0.05, 0) is 53.6 Å². The maximum absolute atomic E-state index is 2.76. The summed E-state index contributed by atoms with van der Waals surface area (Å²) in [5, 5.41) is 0. The van der Waals surface area contributed by atoms with E-state index in [1.165, 1.54) is 65.2 Å². The minimum atomic E-state index is 0.714. The molecule has 0 aromatic heterocycles. The van der Waals surface area contributed by atoms with Gasteiger partial charge in [-0.15, -0.1) is 0 Å². The molecule has 0 aromatic rings. The lowest BCUT2D eigenvalue weighted by Crippen LogP contribution is -2.66. The highest BCUT2D eigenvalue weighted by atomic mass is 15.4. The highest BCUT2D eigenvalue weighted by Crippen LogP contribution is 2.25. The molecule has 0 radical (unpaired) electrons. The van der Waals surface area contributed by atoms with Crippen LogP contribution >= 0.6 is 0 Å². The fraction of sp³-hybridized carbons (Fsp3) is 1.00. The summed E-state index contributed by atoms with van der Waals surface area (Å²) in [7, 11) is 0. The molecule has 3 fully saturated rings. The zero-order valence-electron chi connectivity index (χ0n) is 15.2. The Hall–Kier alpha value is -0.160. The van der Waals surface area contributed by atoms with Crippen molar-refractivity contribution in [2.45, 2.75) is 64.7 Å². The molecule has 3 rings (SSSR count). The third-order valence-corrected chi connectivity index (χ3v) is 6.23. The van der Waals surface area contributed by atoms with Crippen molar-refractivity contribution in [2.24, 2.45) is 0 Å². The van der Waals surface area contributed by atoms with Crippen LogP contribution in [0.25, 0.3) is 0 Å². The molecule has 0 spiro atoms. The number of piperazine rings is 1. The summed E-state index contributed by atoms with van der Waals surface area (Å²) in [6.45, 7) is 19.7. The normalized spacial score (nSPS) is 28.6. The first-order valence-corrected chi connectivity index (χ1v) is 9.51. The van der Waals surface area contributed by atoms with Gasteiger partial charge in [0.15, 0.2) is 0 Å². The van der Waals surface area contributed by atoms with E-state index < -0.39 is 0 Å². The molecule has 3 aliphatic heterocycles. The van der Waals surface area contributed by atoms with Crippen LogP contribution in [-0.4, -0.2) is 96.1 Å². The monoisotopic (exact) mass is 308 g/mol. The van der Waals surface area contributed by atoms with Gasteiger partial charge >= 0.3 is 0 Å². The second-order valence-electron chi connectivity index (χ2n) is 8.13.